The molecule has 0 saturated heterocycles. The van der Waals surface area contributed by atoms with E-state index in [1.165, 1.54) is 17.0 Å². The van der Waals surface area contributed by atoms with Gasteiger partial charge in [-0.2, -0.15) is 13.2 Å². The third-order valence-corrected chi connectivity index (χ3v) is 3.10. The Morgan fingerprint density at radius 3 is 2.30 bits per heavy atom. The van der Waals surface area contributed by atoms with Crippen molar-refractivity contribution in [2.75, 3.05) is 13.6 Å². The molecule has 1 rings (SSSR count). The number of nitrogens with two attached hydrogens (primary N) is 1. The van der Waals surface area contributed by atoms with E-state index in [1.54, 1.807) is 14.0 Å². The molecule has 0 aliphatic heterocycles. The molecule has 0 aliphatic rings. The van der Waals surface area contributed by atoms with Crippen molar-refractivity contribution in [1.29, 1.82) is 0 Å². The van der Waals surface area contributed by atoms with E-state index in [2.05, 4.69) is 0 Å². The third kappa shape index (κ3) is 4.52. The number of carbonyl (C=O) groups excluding carboxylic acids is 1. The summed E-state index contributed by atoms with van der Waals surface area (Å²) < 4.78 is 37.3. The standard InChI is InChI=1S/C14H19F3N2O/c1-10(7-8-18)13(20)19(2)9-11-3-5-12(6-4-11)14(15,16)17/h3-6,10H,7-9,18H2,1-2H3. The number of rotatable bonds is 5. The lowest BCUT2D eigenvalue weighted by Gasteiger charge is -2.21. The summed E-state index contributed by atoms with van der Waals surface area (Å²) in [6.07, 6.45) is -3.74. The summed E-state index contributed by atoms with van der Waals surface area (Å²) in [6.45, 7) is 2.51. The van der Waals surface area contributed by atoms with Crippen LogP contribution in [0.2, 0.25) is 0 Å². The van der Waals surface area contributed by atoms with E-state index in [0.29, 0.717) is 18.5 Å². The second-order valence-corrected chi connectivity index (χ2v) is 4.87. The maximum absolute atomic E-state index is 12.4. The van der Waals surface area contributed by atoms with E-state index in [-0.39, 0.29) is 18.4 Å². The molecule has 1 atom stereocenters. The zero-order valence-corrected chi connectivity index (χ0v) is 11.6. The fourth-order valence-corrected chi connectivity index (χ4v) is 1.90. The summed E-state index contributed by atoms with van der Waals surface area (Å²) >= 11 is 0. The number of nitrogens with zero attached hydrogens (tertiary/aromatic N) is 1. The Bertz CT molecular complexity index is 443. The molecule has 0 spiro atoms. The summed E-state index contributed by atoms with van der Waals surface area (Å²) in [5.41, 5.74) is 5.37. The SMILES string of the molecule is CC(CCN)C(=O)N(C)Cc1ccc(C(F)(F)F)cc1. The van der Waals surface area contributed by atoms with E-state index in [1.807, 2.05) is 0 Å². The van der Waals surface area contributed by atoms with E-state index in [0.717, 1.165) is 12.1 Å². The van der Waals surface area contributed by atoms with Gasteiger partial charge in [-0.15, -0.1) is 0 Å². The predicted octanol–water partition coefficient (Wildman–Crippen LogP) is 2.65. The van der Waals surface area contributed by atoms with Crippen molar-refractivity contribution in [2.24, 2.45) is 11.7 Å². The van der Waals surface area contributed by atoms with Crippen LogP contribution in [-0.2, 0) is 17.5 Å². The summed E-state index contributed by atoms with van der Waals surface area (Å²) in [7, 11) is 1.63. The van der Waals surface area contributed by atoms with Crippen molar-refractivity contribution in [3.8, 4) is 0 Å². The Kier molecular flexibility index (Phi) is 5.56. The average Bonchev–Trinajstić information content (AvgIpc) is 2.37. The highest BCUT2D eigenvalue weighted by molar-refractivity contribution is 5.78. The molecule has 0 fully saturated rings. The first kappa shape index (κ1) is 16.5. The van der Waals surface area contributed by atoms with Crippen LogP contribution in [0.25, 0.3) is 0 Å². The quantitative estimate of drug-likeness (QED) is 0.905. The number of hydrogen-bond acceptors (Lipinski definition) is 2. The zero-order chi connectivity index (χ0) is 15.3. The minimum atomic E-state index is -4.34. The molecule has 0 aromatic heterocycles. The molecular weight excluding hydrogens is 269 g/mol. The molecule has 2 N–H and O–H groups in total. The molecule has 1 aromatic rings. The normalized spacial score (nSPS) is 13.1. The molecule has 3 nitrogen and oxygen atoms in total. The van der Waals surface area contributed by atoms with Gasteiger partial charge in [-0.05, 0) is 30.7 Å². The van der Waals surface area contributed by atoms with Crippen LogP contribution in [0.3, 0.4) is 0 Å². The topological polar surface area (TPSA) is 46.3 Å². The number of halogens is 3. The van der Waals surface area contributed by atoms with Gasteiger partial charge in [-0.25, -0.2) is 0 Å². The second-order valence-electron chi connectivity index (χ2n) is 4.87. The van der Waals surface area contributed by atoms with Crippen molar-refractivity contribution >= 4 is 5.91 Å². The van der Waals surface area contributed by atoms with Crippen LogP contribution >= 0.6 is 0 Å². The van der Waals surface area contributed by atoms with Gasteiger partial charge in [0.2, 0.25) is 5.91 Å². The van der Waals surface area contributed by atoms with Crippen LogP contribution in [0.1, 0.15) is 24.5 Å². The molecule has 1 amide bonds. The number of carbonyl (C=O) groups is 1. The highest BCUT2D eigenvalue weighted by atomic mass is 19.4. The minimum Gasteiger partial charge on any atom is -0.341 e. The molecular formula is C14H19F3N2O. The van der Waals surface area contributed by atoms with E-state index >= 15 is 0 Å². The molecule has 0 heterocycles. The van der Waals surface area contributed by atoms with Gasteiger partial charge in [-0.3, -0.25) is 4.79 Å². The van der Waals surface area contributed by atoms with Gasteiger partial charge >= 0.3 is 6.18 Å². The van der Waals surface area contributed by atoms with Crippen LogP contribution in [-0.4, -0.2) is 24.4 Å². The fraction of sp³-hybridized carbons (Fsp3) is 0.500. The van der Waals surface area contributed by atoms with Crippen molar-refractivity contribution in [1.82, 2.24) is 4.90 Å². The van der Waals surface area contributed by atoms with Gasteiger partial charge < -0.3 is 10.6 Å². The van der Waals surface area contributed by atoms with Gasteiger partial charge in [0.1, 0.15) is 0 Å². The maximum atomic E-state index is 12.4. The number of alkyl halides is 3. The molecule has 6 heteroatoms. The van der Waals surface area contributed by atoms with Crippen molar-refractivity contribution < 1.29 is 18.0 Å². The highest BCUT2D eigenvalue weighted by Crippen LogP contribution is 2.29. The molecule has 1 aromatic carbocycles. The largest absolute Gasteiger partial charge is 0.416 e. The number of hydrogen-bond donors (Lipinski definition) is 1. The Morgan fingerprint density at radius 2 is 1.85 bits per heavy atom. The summed E-state index contributed by atoms with van der Waals surface area (Å²) in [5.74, 6) is -0.241. The van der Waals surface area contributed by atoms with Crippen LogP contribution in [0.5, 0.6) is 0 Å². The lowest BCUT2D eigenvalue weighted by molar-refractivity contribution is -0.137. The molecule has 0 bridgehead atoms. The van der Waals surface area contributed by atoms with Crippen LogP contribution in [0.4, 0.5) is 13.2 Å². The van der Waals surface area contributed by atoms with Gasteiger partial charge in [0.15, 0.2) is 0 Å². The van der Waals surface area contributed by atoms with Crippen LogP contribution in [0, 0.1) is 5.92 Å². The maximum Gasteiger partial charge on any atom is 0.416 e. The third-order valence-electron chi connectivity index (χ3n) is 3.10. The first-order valence-electron chi connectivity index (χ1n) is 6.37. The summed E-state index contributed by atoms with van der Waals surface area (Å²) in [6, 6.07) is 4.83. The molecule has 0 aliphatic carbocycles. The fourth-order valence-electron chi connectivity index (χ4n) is 1.90. The monoisotopic (exact) mass is 288 g/mol. The molecule has 0 radical (unpaired) electrons. The summed E-state index contributed by atoms with van der Waals surface area (Å²) in [4.78, 5) is 13.5. The molecule has 112 valence electrons. The van der Waals surface area contributed by atoms with Gasteiger partial charge in [0, 0.05) is 19.5 Å². The van der Waals surface area contributed by atoms with Gasteiger partial charge in [0.05, 0.1) is 5.56 Å². The predicted molar refractivity (Wildman–Crippen MR) is 70.8 cm³/mol. The van der Waals surface area contributed by atoms with E-state index in [9.17, 15) is 18.0 Å². The van der Waals surface area contributed by atoms with Crippen LogP contribution < -0.4 is 5.73 Å². The zero-order valence-electron chi connectivity index (χ0n) is 11.6. The smallest absolute Gasteiger partial charge is 0.341 e. The highest BCUT2D eigenvalue weighted by Gasteiger charge is 2.30. The molecule has 1 unspecified atom stereocenters. The van der Waals surface area contributed by atoms with Gasteiger partial charge in [0.25, 0.3) is 0 Å². The second kappa shape index (κ2) is 6.74. The lowest BCUT2D eigenvalue weighted by Crippen LogP contribution is -2.32. The summed E-state index contributed by atoms with van der Waals surface area (Å²) in [5, 5.41) is 0. The first-order chi connectivity index (χ1) is 9.25. The Balaban J connectivity index is 2.67. The van der Waals surface area contributed by atoms with Crippen molar-refractivity contribution in [2.45, 2.75) is 26.1 Å². The Labute approximate surface area is 116 Å². The number of benzene rings is 1. The lowest BCUT2D eigenvalue weighted by atomic mass is 10.1. The average molecular weight is 288 g/mol. The van der Waals surface area contributed by atoms with E-state index in [4.69, 9.17) is 5.73 Å². The Morgan fingerprint density at radius 1 is 1.30 bits per heavy atom. The molecule has 0 saturated carbocycles. The van der Waals surface area contributed by atoms with Crippen molar-refractivity contribution in [3.05, 3.63) is 35.4 Å². The number of amides is 1. The van der Waals surface area contributed by atoms with Crippen molar-refractivity contribution in [3.63, 3.8) is 0 Å². The molecule has 20 heavy (non-hydrogen) atoms. The van der Waals surface area contributed by atoms with Crippen LogP contribution in [0.15, 0.2) is 24.3 Å². The first-order valence-corrected chi connectivity index (χ1v) is 6.37. The van der Waals surface area contributed by atoms with E-state index < -0.39 is 11.7 Å². The Hall–Kier alpha value is -1.56. The minimum absolute atomic E-state index is 0.0599. The van der Waals surface area contributed by atoms with Gasteiger partial charge in [-0.1, -0.05) is 19.1 Å².